The molecule has 15 heavy (non-hydrogen) atoms. The van der Waals surface area contributed by atoms with Crippen molar-refractivity contribution in [2.75, 3.05) is 26.8 Å². The second-order valence-corrected chi connectivity index (χ2v) is 3.88. The summed E-state index contributed by atoms with van der Waals surface area (Å²) in [6.07, 6.45) is -3.47. The van der Waals surface area contributed by atoms with Gasteiger partial charge < -0.3 is 9.84 Å². The molecule has 0 aliphatic heterocycles. The van der Waals surface area contributed by atoms with Crippen LogP contribution in [0.4, 0.5) is 13.2 Å². The molecule has 6 heteroatoms. The Bertz CT molecular complexity index is 194. The molecule has 1 aliphatic carbocycles. The Morgan fingerprint density at radius 1 is 1.47 bits per heavy atom. The van der Waals surface area contributed by atoms with Crippen LogP contribution in [0.15, 0.2) is 0 Å². The lowest BCUT2D eigenvalue weighted by molar-refractivity contribution is -0.150. The van der Waals surface area contributed by atoms with Gasteiger partial charge in [-0.1, -0.05) is 0 Å². The fourth-order valence-electron chi connectivity index (χ4n) is 1.53. The van der Waals surface area contributed by atoms with Crippen molar-refractivity contribution in [3.63, 3.8) is 0 Å². The Balaban J connectivity index is 2.37. The lowest BCUT2D eigenvalue weighted by Crippen LogP contribution is -2.41. The lowest BCUT2D eigenvalue weighted by Gasteiger charge is -2.25. The standard InChI is InChI=1S/C9H16F3NO2/c1-15-5-8(14)4-13(7-2-3-7)6-9(10,11)12/h7-8,14H,2-6H2,1H3. The maximum absolute atomic E-state index is 12.2. The molecule has 1 rings (SSSR count). The third-order valence-electron chi connectivity index (χ3n) is 2.25. The first-order valence-corrected chi connectivity index (χ1v) is 4.90. The smallest absolute Gasteiger partial charge is 0.389 e. The molecule has 0 heterocycles. The molecular weight excluding hydrogens is 211 g/mol. The van der Waals surface area contributed by atoms with E-state index in [2.05, 4.69) is 4.74 Å². The maximum Gasteiger partial charge on any atom is 0.401 e. The highest BCUT2D eigenvalue weighted by atomic mass is 19.4. The second kappa shape index (κ2) is 5.14. The van der Waals surface area contributed by atoms with Gasteiger partial charge in [0, 0.05) is 19.7 Å². The highest BCUT2D eigenvalue weighted by molar-refractivity contribution is 4.86. The molecule has 0 saturated heterocycles. The molecule has 3 nitrogen and oxygen atoms in total. The van der Waals surface area contributed by atoms with Crippen molar-refractivity contribution < 1.29 is 23.0 Å². The van der Waals surface area contributed by atoms with E-state index >= 15 is 0 Å². The Kier molecular flexibility index (Phi) is 4.36. The Hall–Kier alpha value is -0.330. The summed E-state index contributed by atoms with van der Waals surface area (Å²) in [5.41, 5.74) is 0. The van der Waals surface area contributed by atoms with E-state index < -0.39 is 18.8 Å². The summed E-state index contributed by atoms with van der Waals surface area (Å²) in [5.74, 6) is 0. The summed E-state index contributed by atoms with van der Waals surface area (Å²) in [7, 11) is 1.41. The van der Waals surface area contributed by atoms with Gasteiger partial charge in [-0.2, -0.15) is 13.2 Å². The van der Waals surface area contributed by atoms with Gasteiger partial charge in [0.05, 0.1) is 19.3 Å². The van der Waals surface area contributed by atoms with Gasteiger partial charge in [-0.05, 0) is 12.8 Å². The Morgan fingerprint density at radius 2 is 2.07 bits per heavy atom. The maximum atomic E-state index is 12.2. The molecule has 0 spiro atoms. The molecule has 0 aromatic heterocycles. The average Bonchev–Trinajstić information content (AvgIpc) is 2.82. The van der Waals surface area contributed by atoms with Crippen LogP contribution in [0.2, 0.25) is 0 Å². The summed E-state index contributed by atoms with van der Waals surface area (Å²) in [5, 5.41) is 9.36. The van der Waals surface area contributed by atoms with E-state index in [-0.39, 0.29) is 19.2 Å². The largest absolute Gasteiger partial charge is 0.401 e. The number of methoxy groups -OCH3 is 1. The minimum Gasteiger partial charge on any atom is -0.389 e. The highest BCUT2D eigenvalue weighted by Crippen LogP contribution is 2.30. The number of aliphatic hydroxyl groups is 1. The van der Waals surface area contributed by atoms with E-state index in [0.29, 0.717) is 0 Å². The van der Waals surface area contributed by atoms with E-state index in [1.54, 1.807) is 0 Å². The van der Waals surface area contributed by atoms with Crippen LogP contribution < -0.4 is 0 Å². The van der Waals surface area contributed by atoms with Crippen LogP contribution in [0, 0.1) is 0 Å². The summed E-state index contributed by atoms with van der Waals surface area (Å²) < 4.78 is 41.2. The predicted octanol–water partition coefficient (Wildman–Crippen LogP) is 1.02. The van der Waals surface area contributed by atoms with Crippen molar-refractivity contribution in [1.29, 1.82) is 0 Å². The van der Waals surface area contributed by atoms with E-state index in [9.17, 15) is 18.3 Å². The molecule has 0 aromatic carbocycles. The fourth-order valence-corrected chi connectivity index (χ4v) is 1.53. The van der Waals surface area contributed by atoms with E-state index in [0.717, 1.165) is 12.8 Å². The third-order valence-corrected chi connectivity index (χ3v) is 2.25. The number of hydrogen-bond acceptors (Lipinski definition) is 3. The van der Waals surface area contributed by atoms with Crippen LogP contribution in [0.3, 0.4) is 0 Å². The number of rotatable bonds is 6. The van der Waals surface area contributed by atoms with Crippen LogP contribution in [-0.2, 0) is 4.74 Å². The van der Waals surface area contributed by atoms with E-state index in [1.165, 1.54) is 12.0 Å². The molecular formula is C9H16F3NO2. The third kappa shape index (κ3) is 5.34. The number of ether oxygens (including phenoxy) is 1. The molecule has 1 saturated carbocycles. The topological polar surface area (TPSA) is 32.7 Å². The SMILES string of the molecule is COCC(O)CN(CC(F)(F)F)C1CC1. The molecule has 1 fully saturated rings. The summed E-state index contributed by atoms with van der Waals surface area (Å²) in [6, 6.07) is -0.0156. The van der Waals surface area contributed by atoms with Crippen molar-refractivity contribution in [3.05, 3.63) is 0 Å². The van der Waals surface area contributed by atoms with Crippen LogP contribution in [0.25, 0.3) is 0 Å². The van der Waals surface area contributed by atoms with Gasteiger partial charge in [0.1, 0.15) is 0 Å². The Labute approximate surface area is 86.8 Å². The minimum absolute atomic E-state index is 0.0156. The first-order chi connectivity index (χ1) is 6.92. The lowest BCUT2D eigenvalue weighted by atomic mass is 10.3. The van der Waals surface area contributed by atoms with Gasteiger partial charge in [0.15, 0.2) is 0 Å². The summed E-state index contributed by atoms with van der Waals surface area (Å²) >= 11 is 0. The fraction of sp³-hybridized carbons (Fsp3) is 1.00. The first-order valence-electron chi connectivity index (χ1n) is 4.90. The van der Waals surface area contributed by atoms with E-state index in [1.807, 2.05) is 0 Å². The molecule has 1 atom stereocenters. The zero-order chi connectivity index (χ0) is 11.5. The first kappa shape index (κ1) is 12.7. The van der Waals surface area contributed by atoms with Crippen LogP contribution in [0.5, 0.6) is 0 Å². The number of halogens is 3. The molecule has 1 unspecified atom stereocenters. The minimum atomic E-state index is -4.20. The number of hydrogen-bond donors (Lipinski definition) is 1. The Morgan fingerprint density at radius 3 is 2.47 bits per heavy atom. The number of alkyl halides is 3. The zero-order valence-electron chi connectivity index (χ0n) is 8.63. The van der Waals surface area contributed by atoms with Crippen molar-refractivity contribution in [2.45, 2.75) is 31.2 Å². The molecule has 0 bridgehead atoms. The second-order valence-electron chi connectivity index (χ2n) is 3.88. The highest BCUT2D eigenvalue weighted by Gasteiger charge is 2.38. The molecule has 1 aliphatic rings. The van der Waals surface area contributed by atoms with Gasteiger partial charge in [0.2, 0.25) is 0 Å². The van der Waals surface area contributed by atoms with Gasteiger partial charge in [-0.15, -0.1) is 0 Å². The van der Waals surface area contributed by atoms with Gasteiger partial charge in [0.25, 0.3) is 0 Å². The summed E-state index contributed by atoms with van der Waals surface area (Å²) in [6.45, 7) is -0.850. The molecule has 0 radical (unpaired) electrons. The molecule has 90 valence electrons. The van der Waals surface area contributed by atoms with Crippen molar-refractivity contribution in [2.24, 2.45) is 0 Å². The van der Waals surface area contributed by atoms with Gasteiger partial charge in [-0.25, -0.2) is 0 Å². The van der Waals surface area contributed by atoms with Crippen LogP contribution in [-0.4, -0.2) is 55.1 Å². The van der Waals surface area contributed by atoms with Gasteiger partial charge >= 0.3 is 6.18 Å². The monoisotopic (exact) mass is 227 g/mol. The van der Waals surface area contributed by atoms with Crippen molar-refractivity contribution in [1.82, 2.24) is 4.90 Å². The van der Waals surface area contributed by atoms with Crippen molar-refractivity contribution >= 4 is 0 Å². The zero-order valence-corrected chi connectivity index (χ0v) is 8.63. The number of aliphatic hydroxyl groups excluding tert-OH is 1. The van der Waals surface area contributed by atoms with Gasteiger partial charge in [-0.3, -0.25) is 4.90 Å². The quantitative estimate of drug-likeness (QED) is 0.735. The average molecular weight is 227 g/mol. The molecule has 0 amide bonds. The number of nitrogens with zero attached hydrogens (tertiary/aromatic N) is 1. The van der Waals surface area contributed by atoms with Crippen molar-refractivity contribution in [3.8, 4) is 0 Å². The van der Waals surface area contributed by atoms with Crippen LogP contribution in [0.1, 0.15) is 12.8 Å². The van der Waals surface area contributed by atoms with Crippen LogP contribution >= 0.6 is 0 Å². The normalized spacial score (nSPS) is 19.6. The summed E-state index contributed by atoms with van der Waals surface area (Å²) in [4.78, 5) is 1.28. The van der Waals surface area contributed by atoms with E-state index in [4.69, 9.17) is 0 Å². The molecule has 0 aromatic rings. The predicted molar refractivity (Wildman–Crippen MR) is 48.5 cm³/mol. The molecule has 1 N–H and O–H groups in total.